The Hall–Kier alpha value is -2.25. The van der Waals surface area contributed by atoms with Gasteiger partial charge in [-0.1, -0.05) is 32.0 Å². The SMILES string of the molecule is CN1CCCC(C)(C)C1CNC(=O)Cc1csc(NC(=O)c2ccccc2)n1. The van der Waals surface area contributed by atoms with Crippen LogP contribution in [0.5, 0.6) is 0 Å². The second-order valence-electron chi connectivity index (χ2n) is 8.03. The molecule has 0 spiro atoms. The minimum atomic E-state index is -0.200. The molecule has 0 bridgehead atoms. The van der Waals surface area contributed by atoms with Crippen molar-refractivity contribution in [3.05, 3.63) is 47.0 Å². The van der Waals surface area contributed by atoms with Crippen molar-refractivity contribution in [3.8, 4) is 0 Å². The van der Waals surface area contributed by atoms with Crippen molar-refractivity contribution in [1.82, 2.24) is 15.2 Å². The maximum atomic E-state index is 12.4. The lowest BCUT2D eigenvalue weighted by Crippen LogP contribution is -2.53. The van der Waals surface area contributed by atoms with Crippen LogP contribution in [0.1, 0.15) is 42.7 Å². The zero-order chi connectivity index (χ0) is 20.1. The monoisotopic (exact) mass is 400 g/mol. The fourth-order valence-corrected chi connectivity index (χ4v) is 4.48. The van der Waals surface area contributed by atoms with Gasteiger partial charge in [-0.15, -0.1) is 11.3 Å². The van der Waals surface area contributed by atoms with Gasteiger partial charge in [0.25, 0.3) is 5.91 Å². The highest BCUT2D eigenvalue weighted by atomic mass is 32.1. The van der Waals surface area contributed by atoms with Crippen LogP contribution < -0.4 is 10.6 Å². The Balaban J connectivity index is 1.50. The number of thiazole rings is 1. The fourth-order valence-electron chi connectivity index (χ4n) is 3.78. The van der Waals surface area contributed by atoms with Gasteiger partial charge in [-0.05, 0) is 44.0 Å². The highest BCUT2D eigenvalue weighted by molar-refractivity contribution is 7.14. The van der Waals surface area contributed by atoms with Gasteiger partial charge in [-0.2, -0.15) is 0 Å². The molecule has 1 unspecified atom stereocenters. The predicted octanol–water partition coefficient (Wildman–Crippen LogP) is 3.17. The summed E-state index contributed by atoms with van der Waals surface area (Å²) < 4.78 is 0. The summed E-state index contributed by atoms with van der Waals surface area (Å²) in [4.78, 5) is 31.3. The van der Waals surface area contributed by atoms with Gasteiger partial charge in [-0.3, -0.25) is 14.9 Å². The second kappa shape index (κ2) is 8.84. The Morgan fingerprint density at radius 2 is 2.04 bits per heavy atom. The van der Waals surface area contributed by atoms with Crippen molar-refractivity contribution in [2.45, 2.75) is 39.2 Å². The van der Waals surface area contributed by atoms with E-state index in [2.05, 4.69) is 41.4 Å². The Bertz CT molecular complexity index is 819. The van der Waals surface area contributed by atoms with E-state index in [4.69, 9.17) is 0 Å². The van der Waals surface area contributed by atoms with Crippen molar-refractivity contribution in [3.63, 3.8) is 0 Å². The number of piperidine rings is 1. The molecule has 1 aromatic heterocycles. The van der Waals surface area contributed by atoms with E-state index in [1.54, 1.807) is 12.1 Å². The third-order valence-corrected chi connectivity index (χ3v) is 6.22. The standard InChI is InChI=1S/C21H28N4O2S/c1-21(2)10-7-11-25(3)17(21)13-22-18(26)12-16-14-28-20(23-16)24-19(27)15-8-5-4-6-9-15/h4-6,8-9,14,17H,7,10-13H2,1-3H3,(H,22,26)(H,23,24,27). The van der Waals surface area contributed by atoms with Gasteiger partial charge in [-0.25, -0.2) is 4.98 Å². The van der Waals surface area contributed by atoms with Crippen molar-refractivity contribution >= 4 is 28.3 Å². The molecule has 2 N–H and O–H groups in total. The number of nitrogens with zero attached hydrogens (tertiary/aromatic N) is 2. The van der Waals surface area contributed by atoms with Crippen LogP contribution in [0.15, 0.2) is 35.7 Å². The summed E-state index contributed by atoms with van der Waals surface area (Å²) in [5, 5.41) is 8.16. The van der Waals surface area contributed by atoms with Crippen LogP contribution in [-0.2, 0) is 11.2 Å². The molecule has 28 heavy (non-hydrogen) atoms. The van der Waals surface area contributed by atoms with Crippen LogP contribution >= 0.6 is 11.3 Å². The van der Waals surface area contributed by atoms with Crippen LogP contribution in [0, 0.1) is 5.41 Å². The van der Waals surface area contributed by atoms with E-state index in [9.17, 15) is 9.59 Å². The molecule has 1 atom stereocenters. The van der Waals surface area contributed by atoms with Crippen molar-refractivity contribution in [2.24, 2.45) is 5.41 Å². The maximum absolute atomic E-state index is 12.4. The van der Waals surface area contributed by atoms with Crippen LogP contribution in [-0.4, -0.2) is 47.9 Å². The summed E-state index contributed by atoms with van der Waals surface area (Å²) in [6.07, 6.45) is 2.59. The normalized spacial score (nSPS) is 19.2. The Morgan fingerprint density at radius 1 is 1.29 bits per heavy atom. The van der Waals surface area contributed by atoms with Crippen molar-refractivity contribution in [2.75, 3.05) is 25.5 Å². The molecule has 1 aromatic carbocycles. The number of aromatic nitrogens is 1. The molecule has 0 radical (unpaired) electrons. The molecule has 2 heterocycles. The van der Waals surface area contributed by atoms with E-state index < -0.39 is 0 Å². The van der Waals surface area contributed by atoms with Crippen LogP contribution in [0.2, 0.25) is 0 Å². The molecule has 0 aliphatic carbocycles. The smallest absolute Gasteiger partial charge is 0.257 e. The zero-order valence-corrected chi connectivity index (χ0v) is 17.5. The van der Waals surface area contributed by atoms with E-state index in [0.717, 1.165) is 6.54 Å². The molecular formula is C21H28N4O2S. The molecular weight excluding hydrogens is 372 g/mol. The Kier molecular flexibility index (Phi) is 6.46. The predicted molar refractivity (Wildman–Crippen MR) is 113 cm³/mol. The van der Waals surface area contributed by atoms with Crippen molar-refractivity contribution < 1.29 is 9.59 Å². The molecule has 1 saturated heterocycles. The number of carbonyl (C=O) groups excluding carboxylic acids is 2. The van der Waals surface area contributed by atoms with E-state index >= 15 is 0 Å². The van der Waals surface area contributed by atoms with E-state index in [-0.39, 0.29) is 23.7 Å². The number of hydrogen-bond donors (Lipinski definition) is 2. The highest BCUT2D eigenvalue weighted by Gasteiger charge is 2.35. The first-order chi connectivity index (χ1) is 13.3. The summed E-state index contributed by atoms with van der Waals surface area (Å²) in [5.41, 5.74) is 1.44. The first kappa shape index (κ1) is 20.5. The first-order valence-corrected chi connectivity index (χ1v) is 10.5. The number of likely N-dealkylation sites (tertiary alicyclic amines) is 1. The molecule has 1 aliphatic rings. The summed E-state index contributed by atoms with van der Waals surface area (Å²) in [6.45, 7) is 6.24. The third-order valence-electron chi connectivity index (χ3n) is 5.41. The number of carbonyl (C=O) groups is 2. The Morgan fingerprint density at radius 3 is 2.75 bits per heavy atom. The van der Waals surface area contributed by atoms with Gasteiger partial charge < -0.3 is 10.2 Å². The molecule has 3 rings (SSSR count). The second-order valence-corrected chi connectivity index (χ2v) is 8.89. The first-order valence-electron chi connectivity index (χ1n) is 9.63. The van der Waals surface area contributed by atoms with E-state index in [1.165, 1.54) is 24.2 Å². The number of rotatable bonds is 6. The Labute approximate surface area is 170 Å². The largest absolute Gasteiger partial charge is 0.354 e. The average molecular weight is 401 g/mol. The molecule has 7 heteroatoms. The van der Waals surface area contributed by atoms with Crippen LogP contribution in [0.4, 0.5) is 5.13 Å². The summed E-state index contributed by atoms with van der Waals surface area (Å²) in [6, 6.07) is 9.33. The van der Waals surface area contributed by atoms with Crippen LogP contribution in [0.3, 0.4) is 0 Å². The highest BCUT2D eigenvalue weighted by Crippen LogP contribution is 2.33. The molecule has 2 amide bonds. The average Bonchev–Trinajstić information content (AvgIpc) is 3.08. The van der Waals surface area contributed by atoms with Gasteiger partial charge >= 0.3 is 0 Å². The molecule has 2 aromatic rings. The topological polar surface area (TPSA) is 74.3 Å². The number of anilines is 1. The number of amides is 2. The fraction of sp³-hybridized carbons (Fsp3) is 0.476. The lowest BCUT2D eigenvalue weighted by Gasteiger charge is -2.45. The molecule has 150 valence electrons. The van der Waals surface area contributed by atoms with Gasteiger partial charge in [0, 0.05) is 23.5 Å². The zero-order valence-electron chi connectivity index (χ0n) is 16.7. The minimum absolute atomic E-state index is 0.0407. The minimum Gasteiger partial charge on any atom is -0.354 e. The van der Waals surface area contributed by atoms with Gasteiger partial charge in [0.2, 0.25) is 5.91 Å². The maximum Gasteiger partial charge on any atom is 0.257 e. The third kappa shape index (κ3) is 5.17. The summed E-state index contributed by atoms with van der Waals surface area (Å²) in [5.74, 6) is -0.241. The van der Waals surface area contributed by atoms with Gasteiger partial charge in [0.05, 0.1) is 12.1 Å². The van der Waals surface area contributed by atoms with Crippen LogP contribution in [0.25, 0.3) is 0 Å². The van der Waals surface area contributed by atoms with Gasteiger partial charge in [0.15, 0.2) is 5.13 Å². The quantitative estimate of drug-likeness (QED) is 0.781. The number of hydrogen-bond acceptors (Lipinski definition) is 5. The molecule has 1 aliphatic heterocycles. The molecule has 6 nitrogen and oxygen atoms in total. The van der Waals surface area contributed by atoms with Crippen molar-refractivity contribution in [1.29, 1.82) is 0 Å². The van der Waals surface area contributed by atoms with E-state index in [1.807, 2.05) is 23.6 Å². The number of benzene rings is 1. The molecule has 0 saturated carbocycles. The lowest BCUT2D eigenvalue weighted by atomic mass is 9.76. The molecule has 1 fully saturated rings. The summed E-state index contributed by atoms with van der Waals surface area (Å²) in [7, 11) is 2.12. The van der Waals surface area contributed by atoms with Gasteiger partial charge in [0.1, 0.15) is 0 Å². The van der Waals surface area contributed by atoms with E-state index in [0.29, 0.717) is 29.0 Å². The lowest BCUT2D eigenvalue weighted by molar-refractivity contribution is -0.121. The summed E-state index contributed by atoms with van der Waals surface area (Å²) >= 11 is 1.33. The number of likely N-dealkylation sites (N-methyl/N-ethyl adjacent to an activating group) is 1. The number of nitrogens with one attached hydrogen (secondary N) is 2.